The number of halogens is 1. The van der Waals surface area contributed by atoms with E-state index >= 15 is 4.39 Å². The van der Waals surface area contributed by atoms with E-state index < -0.39 is 6.30 Å². The Balaban J connectivity index is 5.16. The molecule has 0 N–H and O–H groups in total. The first-order valence-corrected chi connectivity index (χ1v) is 9.59. The molecule has 0 saturated carbocycles. The molecule has 0 heterocycles. The van der Waals surface area contributed by atoms with Crippen molar-refractivity contribution in [3.05, 3.63) is 0 Å². The van der Waals surface area contributed by atoms with Gasteiger partial charge < -0.3 is 0 Å². The van der Waals surface area contributed by atoms with E-state index in [0.29, 0.717) is 34.6 Å². The molecule has 0 aromatic heterocycles. The van der Waals surface area contributed by atoms with Crippen molar-refractivity contribution in [2.45, 2.75) is 87.4 Å². The summed E-state index contributed by atoms with van der Waals surface area (Å²) in [5.74, 6) is 2.40. The van der Waals surface area contributed by atoms with Gasteiger partial charge in [-0.25, -0.2) is 0 Å². The summed E-state index contributed by atoms with van der Waals surface area (Å²) in [7, 11) is 0. The molecular weight excluding hydrogens is 273 g/mol. The van der Waals surface area contributed by atoms with E-state index in [1.54, 1.807) is 0 Å². The summed E-state index contributed by atoms with van der Waals surface area (Å²) in [5.41, 5.74) is 0. The normalized spacial score (nSPS) is 14.6. The monoisotopic (exact) mass is 316 g/mol. The molecule has 0 spiro atoms. The number of rotatable bonds is 12. The largest absolute Gasteiger partial charge is 0.295 e. The van der Waals surface area contributed by atoms with E-state index in [0.717, 1.165) is 38.9 Å². The summed E-state index contributed by atoms with van der Waals surface area (Å²) < 4.78 is 16.0. The fourth-order valence-corrected chi connectivity index (χ4v) is 2.91. The van der Waals surface area contributed by atoms with E-state index in [4.69, 9.17) is 0 Å². The van der Waals surface area contributed by atoms with Crippen LogP contribution in [-0.4, -0.2) is 30.4 Å². The minimum atomic E-state index is -0.698. The Hall–Kier alpha value is -0.110. The number of hydrogen-bond donors (Lipinski definition) is 0. The smallest absolute Gasteiger partial charge is 0.232 e. The average Bonchev–Trinajstić information content (AvgIpc) is 2.36. The Morgan fingerprint density at radius 2 is 0.909 bits per heavy atom. The van der Waals surface area contributed by atoms with Crippen molar-refractivity contribution in [1.82, 2.24) is 0 Å². The predicted octanol–water partition coefficient (Wildman–Crippen LogP) is 6.28. The quantitative estimate of drug-likeness (QED) is 0.293. The van der Waals surface area contributed by atoms with Gasteiger partial charge in [0.05, 0.1) is 19.6 Å². The van der Waals surface area contributed by atoms with Gasteiger partial charge in [-0.05, 0) is 42.9 Å². The van der Waals surface area contributed by atoms with Crippen LogP contribution < -0.4 is 0 Å². The van der Waals surface area contributed by atoms with Crippen LogP contribution in [0.1, 0.15) is 81.1 Å². The van der Waals surface area contributed by atoms with E-state index in [9.17, 15) is 0 Å². The predicted molar refractivity (Wildman–Crippen MR) is 97.6 cm³/mol. The van der Waals surface area contributed by atoms with Crippen molar-refractivity contribution in [2.75, 3.05) is 19.6 Å². The molecule has 0 saturated heterocycles. The molecule has 0 aromatic carbocycles. The molecule has 0 radical (unpaired) electrons. The third-order valence-electron chi connectivity index (χ3n) is 4.72. The number of quaternary nitrogens is 1. The molecule has 0 aliphatic carbocycles. The summed E-state index contributed by atoms with van der Waals surface area (Å²) in [5, 5.41) is 0. The first-order chi connectivity index (χ1) is 10.1. The highest BCUT2D eigenvalue weighted by atomic mass is 19.1. The highest BCUT2D eigenvalue weighted by Gasteiger charge is 2.37. The van der Waals surface area contributed by atoms with E-state index in [1.807, 2.05) is 0 Å². The second-order valence-corrected chi connectivity index (χ2v) is 9.00. The maximum atomic E-state index is 15.3. The van der Waals surface area contributed by atoms with E-state index in [-0.39, 0.29) is 0 Å². The highest BCUT2D eigenvalue weighted by Crippen LogP contribution is 2.27. The Kier molecular flexibility index (Phi) is 10.6. The number of alkyl halides is 1. The van der Waals surface area contributed by atoms with Gasteiger partial charge in [0.25, 0.3) is 0 Å². The lowest BCUT2D eigenvalue weighted by Crippen LogP contribution is -2.56. The van der Waals surface area contributed by atoms with Gasteiger partial charge in [0.2, 0.25) is 6.30 Å². The first kappa shape index (κ1) is 21.9. The zero-order chi connectivity index (χ0) is 17.3. The molecule has 0 aliphatic heterocycles. The molecule has 0 fully saturated rings. The Morgan fingerprint density at radius 1 is 0.591 bits per heavy atom. The molecule has 0 amide bonds. The van der Waals surface area contributed by atoms with Gasteiger partial charge >= 0.3 is 0 Å². The van der Waals surface area contributed by atoms with Crippen molar-refractivity contribution in [1.29, 1.82) is 0 Å². The second-order valence-electron chi connectivity index (χ2n) is 9.00. The summed E-state index contributed by atoms with van der Waals surface area (Å²) >= 11 is 0. The van der Waals surface area contributed by atoms with E-state index in [2.05, 4.69) is 55.4 Å². The maximum absolute atomic E-state index is 15.3. The van der Waals surface area contributed by atoms with Gasteiger partial charge in [-0.2, -0.15) is 4.39 Å². The van der Waals surface area contributed by atoms with Gasteiger partial charge in [-0.15, -0.1) is 0 Å². The van der Waals surface area contributed by atoms with Gasteiger partial charge in [0.1, 0.15) is 0 Å². The van der Waals surface area contributed by atoms with Gasteiger partial charge in [0, 0.05) is 6.42 Å². The fraction of sp³-hybridized carbons (Fsp3) is 1.00. The van der Waals surface area contributed by atoms with Crippen LogP contribution >= 0.6 is 0 Å². The minimum absolute atomic E-state index is 0.435. The van der Waals surface area contributed by atoms with Crippen LogP contribution in [0.2, 0.25) is 0 Å². The third kappa shape index (κ3) is 9.12. The van der Waals surface area contributed by atoms with Crippen LogP contribution in [0.5, 0.6) is 0 Å². The van der Waals surface area contributed by atoms with Crippen LogP contribution in [0.4, 0.5) is 4.39 Å². The lowest BCUT2D eigenvalue weighted by Gasteiger charge is -2.43. The fourth-order valence-electron chi connectivity index (χ4n) is 2.91. The second kappa shape index (κ2) is 10.6. The molecular formula is C20H43FN+. The van der Waals surface area contributed by atoms with Crippen molar-refractivity contribution < 1.29 is 8.87 Å². The van der Waals surface area contributed by atoms with Crippen molar-refractivity contribution in [2.24, 2.45) is 23.7 Å². The Labute approximate surface area is 140 Å². The van der Waals surface area contributed by atoms with Crippen molar-refractivity contribution in [3.8, 4) is 0 Å². The summed E-state index contributed by atoms with van der Waals surface area (Å²) in [6, 6.07) is 0. The van der Waals surface area contributed by atoms with Crippen LogP contribution in [0, 0.1) is 23.7 Å². The topological polar surface area (TPSA) is 0 Å². The molecule has 0 aromatic rings. The van der Waals surface area contributed by atoms with Gasteiger partial charge in [0.15, 0.2) is 0 Å². The Bertz CT molecular complexity index is 240. The minimum Gasteiger partial charge on any atom is -0.295 e. The number of nitrogens with zero attached hydrogens (tertiary/aromatic N) is 1. The van der Waals surface area contributed by atoms with Gasteiger partial charge in [-0.3, -0.25) is 4.48 Å². The lowest BCUT2D eigenvalue weighted by molar-refractivity contribution is -0.966. The van der Waals surface area contributed by atoms with Crippen LogP contribution in [-0.2, 0) is 0 Å². The lowest BCUT2D eigenvalue weighted by atomic mass is 10.0. The van der Waals surface area contributed by atoms with Crippen LogP contribution in [0.25, 0.3) is 0 Å². The average molecular weight is 317 g/mol. The standard InChI is InChI=1S/C20H43FN/c1-16(2)9-12-22(13-10-17(3)4,14-11-18(5)6)20(21)15-19(7)8/h16-20H,9-15H2,1-8H3/q+1. The summed E-state index contributed by atoms with van der Waals surface area (Å²) in [6.45, 7) is 20.9. The Morgan fingerprint density at radius 3 is 1.14 bits per heavy atom. The molecule has 1 atom stereocenters. The molecule has 0 rings (SSSR count). The van der Waals surface area contributed by atoms with Gasteiger partial charge in [-0.1, -0.05) is 55.4 Å². The SMILES string of the molecule is CC(C)CC[N+](CCC(C)C)(CCC(C)C)C(F)CC(C)C. The van der Waals surface area contributed by atoms with Crippen molar-refractivity contribution in [3.63, 3.8) is 0 Å². The molecule has 134 valence electrons. The summed E-state index contributed by atoms with van der Waals surface area (Å²) in [4.78, 5) is 0. The molecule has 1 unspecified atom stereocenters. The molecule has 1 nitrogen and oxygen atoms in total. The molecule has 0 bridgehead atoms. The maximum Gasteiger partial charge on any atom is 0.232 e. The first-order valence-electron chi connectivity index (χ1n) is 9.59. The third-order valence-corrected chi connectivity index (χ3v) is 4.72. The highest BCUT2D eigenvalue weighted by molar-refractivity contribution is 4.59. The zero-order valence-electron chi connectivity index (χ0n) is 16.7. The number of hydrogen-bond acceptors (Lipinski definition) is 0. The van der Waals surface area contributed by atoms with E-state index in [1.165, 1.54) is 0 Å². The van der Waals surface area contributed by atoms with Crippen LogP contribution in [0.15, 0.2) is 0 Å². The van der Waals surface area contributed by atoms with Crippen LogP contribution in [0.3, 0.4) is 0 Å². The molecule has 0 aliphatic rings. The molecule has 2 heteroatoms. The summed E-state index contributed by atoms with van der Waals surface area (Å²) in [6.07, 6.45) is 3.41. The zero-order valence-corrected chi connectivity index (χ0v) is 16.7. The van der Waals surface area contributed by atoms with Crippen molar-refractivity contribution >= 4 is 0 Å². The molecule has 22 heavy (non-hydrogen) atoms.